The van der Waals surface area contributed by atoms with Crippen LogP contribution in [0.4, 0.5) is 5.82 Å². The maximum atomic E-state index is 13.1. The number of allylic oxidation sites excluding steroid dienone is 2. The van der Waals surface area contributed by atoms with Gasteiger partial charge in [0, 0.05) is 36.9 Å². The van der Waals surface area contributed by atoms with Gasteiger partial charge in [0.05, 0.1) is 6.61 Å². The number of carbonyl (C=O) groups is 2. The summed E-state index contributed by atoms with van der Waals surface area (Å²) in [4.78, 5) is 25.7. The molecule has 0 aromatic carbocycles. The molecule has 3 atom stereocenters. The zero-order chi connectivity index (χ0) is 23.4. The molecular formula is C26H39N3O4. The number of nitrogens with zero attached hydrogens (tertiary/aromatic N) is 2. The average molecular weight is 458 g/mol. The predicted molar refractivity (Wildman–Crippen MR) is 128 cm³/mol. The summed E-state index contributed by atoms with van der Waals surface area (Å²) >= 11 is 0. The van der Waals surface area contributed by atoms with Crippen molar-refractivity contribution < 1.29 is 19.1 Å². The number of hydrogen-bond acceptors (Lipinski definition) is 6. The largest absolute Gasteiger partial charge is 0.462 e. The number of Topliss-reactive ketones (excluding diaryl/α,β-unsaturated/α-hetero) is 1. The molecule has 7 nitrogen and oxygen atoms in total. The second kappa shape index (κ2) is 10.9. The summed E-state index contributed by atoms with van der Waals surface area (Å²) in [5.74, 6) is 1.95. The number of rotatable bonds is 7. The van der Waals surface area contributed by atoms with Crippen LogP contribution in [0.15, 0.2) is 12.3 Å². The molecule has 1 N–H and O–H groups in total. The normalized spacial score (nSPS) is 30.4. The van der Waals surface area contributed by atoms with E-state index in [1.54, 1.807) is 13.1 Å². The van der Waals surface area contributed by atoms with Gasteiger partial charge in [-0.05, 0) is 57.3 Å². The minimum atomic E-state index is -0.370. The van der Waals surface area contributed by atoms with E-state index in [0.717, 1.165) is 63.0 Å². The van der Waals surface area contributed by atoms with Crippen molar-refractivity contribution in [2.45, 2.75) is 90.7 Å². The van der Waals surface area contributed by atoms with Crippen LogP contribution in [0, 0.1) is 17.8 Å². The standard InChI is InChI=1S/C26H39N3O4/c1-4-32-26(31)22-16-29(21-11-7-18(3)8-12-21)28-25(22)27-20-13-14-33-23(15-20)24(30)19-9-5-17(2)6-10-19/h11,16-20,23H,4-10,12-15H2,1-3H3,(H,27,28). The first-order chi connectivity index (χ1) is 15.9. The Morgan fingerprint density at radius 2 is 1.94 bits per heavy atom. The number of ketones is 1. The third-order valence-electron chi connectivity index (χ3n) is 7.51. The fourth-order valence-corrected chi connectivity index (χ4v) is 5.27. The lowest BCUT2D eigenvalue weighted by Gasteiger charge is -2.33. The molecule has 0 radical (unpaired) electrons. The maximum Gasteiger partial charge on any atom is 0.343 e. The minimum absolute atomic E-state index is 0.0344. The summed E-state index contributed by atoms with van der Waals surface area (Å²) < 4.78 is 13.0. The lowest BCUT2D eigenvalue weighted by molar-refractivity contribution is -0.138. The molecule has 33 heavy (non-hydrogen) atoms. The Bertz CT molecular complexity index is 869. The third kappa shape index (κ3) is 5.86. The van der Waals surface area contributed by atoms with Crippen LogP contribution in [-0.2, 0) is 14.3 Å². The van der Waals surface area contributed by atoms with Gasteiger partial charge in [-0.2, -0.15) is 0 Å². The molecule has 2 fully saturated rings. The van der Waals surface area contributed by atoms with E-state index in [2.05, 4.69) is 25.2 Å². The first-order valence-electron chi connectivity index (χ1n) is 12.8. The molecule has 1 aliphatic heterocycles. The van der Waals surface area contributed by atoms with Crippen molar-refractivity contribution in [3.63, 3.8) is 0 Å². The molecule has 1 aromatic rings. The monoisotopic (exact) mass is 457 g/mol. The van der Waals surface area contributed by atoms with Crippen molar-refractivity contribution in [3.8, 4) is 0 Å². The fraction of sp³-hybridized carbons (Fsp3) is 0.731. The first-order valence-corrected chi connectivity index (χ1v) is 12.8. The Morgan fingerprint density at radius 1 is 1.15 bits per heavy atom. The van der Waals surface area contributed by atoms with Crippen LogP contribution >= 0.6 is 0 Å². The second-order valence-corrected chi connectivity index (χ2v) is 10.2. The fourth-order valence-electron chi connectivity index (χ4n) is 5.27. The summed E-state index contributed by atoms with van der Waals surface area (Å²) in [6, 6.07) is 0.0344. The van der Waals surface area contributed by atoms with Gasteiger partial charge in [0.15, 0.2) is 11.6 Å². The van der Waals surface area contributed by atoms with Gasteiger partial charge in [-0.1, -0.05) is 32.8 Å². The van der Waals surface area contributed by atoms with Crippen LogP contribution in [0.5, 0.6) is 0 Å². The summed E-state index contributed by atoms with van der Waals surface area (Å²) in [5, 5.41) is 8.19. The number of nitrogens with one attached hydrogen (secondary N) is 1. The van der Waals surface area contributed by atoms with Gasteiger partial charge in [0.25, 0.3) is 0 Å². The van der Waals surface area contributed by atoms with Gasteiger partial charge >= 0.3 is 5.97 Å². The van der Waals surface area contributed by atoms with E-state index in [-0.39, 0.29) is 29.8 Å². The number of carbonyl (C=O) groups excluding carboxylic acids is 2. The molecule has 182 valence electrons. The number of ether oxygens (including phenoxy) is 2. The van der Waals surface area contributed by atoms with Crippen molar-refractivity contribution in [2.24, 2.45) is 17.8 Å². The van der Waals surface area contributed by atoms with Crippen LogP contribution in [0.3, 0.4) is 0 Å². The average Bonchev–Trinajstić information content (AvgIpc) is 3.24. The SMILES string of the molecule is CCOC(=O)c1cn(C2=CCC(C)CC2)nc1NC1CCOC(C(=O)C2CCC(C)CC2)C1. The van der Waals surface area contributed by atoms with Crippen molar-refractivity contribution in [1.29, 1.82) is 0 Å². The van der Waals surface area contributed by atoms with E-state index in [1.807, 2.05) is 4.68 Å². The Hall–Kier alpha value is -2.15. The molecule has 3 aliphatic rings. The number of anilines is 1. The highest BCUT2D eigenvalue weighted by atomic mass is 16.5. The number of hydrogen-bond donors (Lipinski definition) is 1. The van der Waals surface area contributed by atoms with Crippen molar-refractivity contribution in [1.82, 2.24) is 9.78 Å². The first kappa shape index (κ1) is 24.0. The van der Waals surface area contributed by atoms with Crippen molar-refractivity contribution >= 4 is 23.3 Å². The number of aromatic nitrogens is 2. The summed E-state index contributed by atoms with van der Waals surface area (Å²) in [6.07, 6.45) is 12.3. The van der Waals surface area contributed by atoms with E-state index >= 15 is 0 Å². The molecule has 0 spiro atoms. The van der Waals surface area contributed by atoms with Gasteiger partial charge in [0.2, 0.25) is 0 Å². The smallest absolute Gasteiger partial charge is 0.343 e. The molecule has 4 rings (SSSR count). The van der Waals surface area contributed by atoms with Crippen LogP contribution in [-0.4, -0.2) is 46.9 Å². The summed E-state index contributed by atoms with van der Waals surface area (Å²) in [7, 11) is 0. The maximum absolute atomic E-state index is 13.1. The molecule has 1 aromatic heterocycles. The summed E-state index contributed by atoms with van der Waals surface area (Å²) in [6.45, 7) is 7.18. The molecule has 1 saturated heterocycles. The van der Waals surface area contributed by atoms with Crippen molar-refractivity contribution in [2.75, 3.05) is 18.5 Å². The van der Waals surface area contributed by atoms with E-state index in [9.17, 15) is 9.59 Å². The van der Waals surface area contributed by atoms with Gasteiger partial charge in [-0.25, -0.2) is 9.48 Å². The Balaban J connectivity index is 1.46. The highest BCUT2D eigenvalue weighted by Gasteiger charge is 2.35. The predicted octanol–water partition coefficient (Wildman–Crippen LogP) is 5.08. The van der Waals surface area contributed by atoms with Crippen LogP contribution in [0.25, 0.3) is 5.70 Å². The highest BCUT2D eigenvalue weighted by molar-refractivity contribution is 5.94. The second-order valence-electron chi connectivity index (χ2n) is 10.2. The number of esters is 1. The summed E-state index contributed by atoms with van der Waals surface area (Å²) in [5.41, 5.74) is 1.57. The molecule has 2 heterocycles. The molecule has 0 amide bonds. The Kier molecular flexibility index (Phi) is 7.89. The van der Waals surface area contributed by atoms with E-state index < -0.39 is 0 Å². The van der Waals surface area contributed by atoms with E-state index in [0.29, 0.717) is 36.9 Å². The third-order valence-corrected chi connectivity index (χ3v) is 7.51. The lowest BCUT2D eigenvalue weighted by Crippen LogP contribution is -2.41. The van der Waals surface area contributed by atoms with Gasteiger partial charge in [-0.3, -0.25) is 4.79 Å². The molecular weight excluding hydrogens is 418 g/mol. The zero-order valence-electron chi connectivity index (χ0n) is 20.3. The van der Waals surface area contributed by atoms with Gasteiger partial charge in [-0.15, -0.1) is 5.10 Å². The lowest BCUT2D eigenvalue weighted by atomic mass is 9.78. The molecule has 3 unspecified atom stereocenters. The topological polar surface area (TPSA) is 82.5 Å². The van der Waals surface area contributed by atoms with Gasteiger partial charge < -0.3 is 14.8 Å². The van der Waals surface area contributed by atoms with Crippen LogP contribution in [0.1, 0.15) is 88.9 Å². The Morgan fingerprint density at radius 3 is 2.64 bits per heavy atom. The van der Waals surface area contributed by atoms with Crippen LogP contribution < -0.4 is 5.32 Å². The zero-order valence-corrected chi connectivity index (χ0v) is 20.3. The molecule has 1 saturated carbocycles. The van der Waals surface area contributed by atoms with E-state index in [4.69, 9.17) is 14.6 Å². The quantitative estimate of drug-likeness (QED) is 0.575. The molecule has 7 heteroatoms. The highest BCUT2D eigenvalue weighted by Crippen LogP contribution is 2.32. The van der Waals surface area contributed by atoms with Crippen molar-refractivity contribution in [3.05, 3.63) is 17.8 Å². The molecule has 0 bridgehead atoms. The Labute approximate surface area is 197 Å². The minimum Gasteiger partial charge on any atom is -0.462 e. The van der Waals surface area contributed by atoms with Crippen LogP contribution in [0.2, 0.25) is 0 Å². The molecule has 2 aliphatic carbocycles. The van der Waals surface area contributed by atoms with Gasteiger partial charge in [0.1, 0.15) is 11.7 Å². The van der Waals surface area contributed by atoms with E-state index in [1.165, 1.54) is 0 Å².